The van der Waals surface area contributed by atoms with E-state index in [0.29, 0.717) is 11.4 Å². The number of aromatic nitrogens is 2. The molecule has 0 unspecified atom stereocenters. The van der Waals surface area contributed by atoms with E-state index in [2.05, 4.69) is 10.4 Å². The molecule has 7 heteroatoms. The van der Waals surface area contributed by atoms with Gasteiger partial charge in [-0.05, 0) is 23.8 Å². The van der Waals surface area contributed by atoms with E-state index in [0.717, 1.165) is 5.56 Å². The van der Waals surface area contributed by atoms with Crippen molar-refractivity contribution in [2.45, 2.75) is 6.61 Å². The first kappa shape index (κ1) is 16.3. The summed E-state index contributed by atoms with van der Waals surface area (Å²) in [6, 6.07) is 17.6. The highest BCUT2D eigenvalue weighted by Gasteiger charge is 2.12. The zero-order valence-electron chi connectivity index (χ0n) is 13.1. The molecule has 0 saturated carbocycles. The fourth-order valence-corrected chi connectivity index (χ4v) is 2.22. The summed E-state index contributed by atoms with van der Waals surface area (Å²) >= 11 is 0. The summed E-state index contributed by atoms with van der Waals surface area (Å²) in [5.41, 5.74) is 1.79. The largest absolute Gasteiger partial charge is 0.476 e. The van der Waals surface area contributed by atoms with E-state index < -0.39 is 12.1 Å². The van der Waals surface area contributed by atoms with Crippen LogP contribution in [0.5, 0.6) is 0 Å². The molecule has 0 aliphatic heterocycles. The van der Waals surface area contributed by atoms with Crippen molar-refractivity contribution in [3.63, 3.8) is 0 Å². The molecule has 0 spiro atoms. The number of nitrogens with one attached hydrogen (secondary N) is 1. The van der Waals surface area contributed by atoms with Crippen LogP contribution >= 0.6 is 0 Å². The molecule has 2 aromatic carbocycles. The minimum atomic E-state index is -1.12. The highest BCUT2D eigenvalue weighted by atomic mass is 16.5. The Bertz CT molecular complexity index is 890. The van der Waals surface area contributed by atoms with Crippen LogP contribution in [-0.4, -0.2) is 26.9 Å². The molecule has 7 nitrogen and oxygen atoms in total. The average Bonchev–Trinajstić information content (AvgIpc) is 3.12. The Balaban J connectivity index is 1.72. The van der Waals surface area contributed by atoms with Gasteiger partial charge in [-0.2, -0.15) is 5.10 Å². The van der Waals surface area contributed by atoms with Crippen molar-refractivity contribution in [3.05, 3.63) is 78.1 Å². The first-order chi connectivity index (χ1) is 12.1. The predicted octanol–water partition coefficient (Wildman–Crippen LogP) is 3.32. The van der Waals surface area contributed by atoms with Crippen LogP contribution < -0.4 is 5.32 Å². The second-order valence-corrected chi connectivity index (χ2v) is 5.15. The van der Waals surface area contributed by atoms with E-state index in [4.69, 9.17) is 9.84 Å². The van der Waals surface area contributed by atoms with Crippen LogP contribution in [0.2, 0.25) is 0 Å². The lowest BCUT2D eigenvalue weighted by atomic mass is 10.2. The number of amides is 1. The lowest BCUT2D eigenvalue weighted by molar-refractivity contribution is 0.0690. The number of benzene rings is 2. The van der Waals surface area contributed by atoms with Gasteiger partial charge in [0.15, 0.2) is 5.69 Å². The van der Waals surface area contributed by atoms with Gasteiger partial charge < -0.3 is 9.84 Å². The molecule has 1 aromatic heterocycles. The second-order valence-electron chi connectivity index (χ2n) is 5.15. The molecule has 3 rings (SSSR count). The minimum Gasteiger partial charge on any atom is -0.476 e. The number of ether oxygens (including phenoxy) is 1. The Morgan fingerprint density at radius 3 is 2.48 bits per heavy atom. The van der Waals surface area contributed by atoms with Gasteiger partial charge in [-0.15, -0.1) is 0 Å². The lowest BCUT2D eigenvalue weighted by Gasteiger charge is -2.11. The Morgan fingerprint density at radius 2 is 1.76 bits per heavy atom. The zero-order chi connectivity index (χ0) is 17.6. The van der Waals surface area contributed by atoms with Crippen molar-refractivity contribution >= 4 is 17.7 Å². The third-order valence-electron chi connectivity index (χ3n) is 3.41. The molecule has 0 saturated heterocycles. The second kappa shape index (κ2) is 7.31. The van der Waals surface area contributed by atoms with Crippen LogP contribution in [0.15, 0.2) is 66.9 Å². The number of nitrogens with zero attached hydrogens (tertiary/aromatic N) is 2. The molecule has 0 bridgehead atoms. The van der Waals surface area contributed by atoms with E-state index in [9.17, 15) is 9.59 Å². The van der Waals surface area contributed by atoms with Gasteiger partial charge in [-0.25, -0.2) is 14.3 Å². The van der Waals surface area contributed by atoms with Crippen LogP contribution in [0.1, 0.15) is 16.1 Å². The van der Waals surface area contributed by atoms with Gasteiger partial charge in [0.05, 0.1) is 11.4 Å². The molecule has 0 fully saturated rings. The first-order valence-electron chi connectivity index (χ1n) is 7.49. The third kappa shape index (κ3) is 4.03. The summed E-state index contributed by atoms with van der Waals surface area (Å²) < 4.78 is 6.58. The molecule has 2 N–H and O–H groups in total. The summed E-state index contributed by atoms with van der Waals surface area (Å²) in [5.74, 6) is -1.12. The van der Waals surface area contributed by atoms with Crippen molar-refractivity contribution in [3.8, 4) is 5.69 Å². The minimum absolute atomic E-state index is 0.0820. The average molecular weight is 337 g/mol. The molecule has 0 radical (unpaired) electrons. The van der Waals surface area contributed by atoms with Crippen molar-refractivity contribution in [1.82, 2.24) is 9.78 Å². The summed E-state index contributed by atoms with van der Waals surface area (Å²) in [7, 11) is 0. The van der Waals surface area contributed by atoms with Gasteiger partial charge in [0.1, 0.15) is 6.61 Å². The van der Waals surface area contributed by atoms with Gasteiger partial charge in [0, 0.05) is 6.20 Å². The van der Waals surface area contributed by atoms with Crippen molar-refractivity contribution in [2.24, 2.45) is 0 Å². The number of aromatic carboxylic acids is 1. The first-order valence-corrected chi connectivity index (χ1v) is 7.49. The quantitative estimate of drug-likeness (QED) is 0.745. The number of carbonyl (C=O) groups is 2. The number of carboxylic acids is 1. The molecular formula is C18H15N3O4. The van der Waals surface area contributed by atoms with Crippen molar-refractivity contribution in [1.29, 1.82) is 0 Å². The number of para-hydroxylation sites is 2. The molecule has 0 aliphatic rings. The fourth-order valence-electron chi connectivity index (χ4n) is 2.22. The topological polar surface area (TPSA) is 93.5 Å². The molecule has 0 atom stereocenters. The molecule has 1 amide bonds. The van der Waals surface area contributed by atoms with Crippen LogP contribution in [0, 0.1) is 0 Å². The molecule has 126 valence electrons. The van der Waals surface area contributed by atoms with Crippen LogP contribution in [0.4, 0.5) is 10.5 Å². The summed E-state index contributed by atoms with van der Waals surface area (Å²) in [6.07, 6.45) is 0.904. The normalized spacial score (nSPS) is 10.2. The Hall–Kier alpha value is -3.61. The fraction of sp³-hybridized carbons (Fsp3) is 0.0556. The van der Waals surface area contributed by atoms with E-state index in [1.807, 2.05) is 30.3 Å². The number of hydrogen-bond donors (Lipinski definition) is 2. The summed E-state index contributed by atoms with van der Waals surface area (Å²) in [5, 5.41) is 15.6. The lowest BCUT2D eigenvalue weighted by Crippen LogP contribution is -2.15. The Labute approximate surface area is 143 Å². The van der Waals surface area contributed by atoms with E-state index in [1.54, 1.807) is 24.3 Å². The SMILES string of the molecule is O=C(Nc1ccccc1-n1ccc(C(=O)O)n1)OCc1ccccc1. The van der Waals surface area contributed by atoms with E-state index in [-0.39, 0.29) is 12.3 Å². The number of hydrogen-bond acceptors (Lipinski definition) is 4. The maximum absolute atomic E-state index is 12.0. The number of anilines is 1. The molecule has 1 heterocycles. The van der Waals surface area contributed by atoms with Gasteiger partial charge in [0.2, 0.25) is 0 Å². The highest BCUT2D eigenvalue weighted by molar-refractivity contribution is 5.88. The Morgan fingerprint density at radius 1 is 1.04 bits per heavy atom. The smallest absolute Gasteiger partial charge is 0.412 e. The molecule has 0 aliphatic carbocycles. The highest BCUT2D eigenvalue weighted by Crippen LogP contribution is 2.20. The molecule has 25 heavy (non-hydrogen) atoms. The summed E-state index contributed by atoms with van der Waals surface area (Å²) in [4.78, 5) is 23.0. The maximum atomic E-state index is 12.0. The van der Waals surface area contributed by atoms with E-state index >= 15 is 0 Å². The monoisotopic (exact) mass is 337 g/mol. The van der Waals surface area contributed by atoms with Crippen molar-refractivity contribution in [2.75, 3.05) is 5.32 Å². The maximum Gasteiger partial charge on any atom is 0.412 e. The number of carboxylic acid groups (broad SMARTS) is 1. The molecular weight excluding hydrogens is 322 g/mol. The summed E-state index contributed by atoms with van der Waals surface area (Å²) in [6.45, 7) is 0.153. The number of carbonyl (C=O) groups excluding carboxylic acids is 1. The predicted molar refractivity (Wildman–Crippen MR) is 90.8 cm³/mol. The standard InChI is InChI=1S/C18H15N3O4/c22-17(23)15-10-11-21(20-15)16-9-5-4-8-14(16)19-18(24)25-12-13-6-2-1-3-7-13/h1-11H,12H2,(H,19,24)(H,22,23). The van der Waals surface area contributed by atoms with Crippen molar-refractivity contribution < 1.29 is 19.4 Å². The van der Waals surface area contributed by atoms with Crippen LogP contribution in [0.3, 0.4) is 0 Å². The van der Waals surface area contributed by atoms with Gasteiger partial charge in [-0.1, -0.05) is 42.5 Å². The van der Waals surface area contributed by atoms with Gasteiger partial charge in [-0.3, -0.25) is 5.32 Å². The zero-order valence-corrected chi connectivity index (χ0v) is 13.1. The third-order valence-corrected chi connectivity index (χ3v) is 3.41. The number of rotatable bonds is 5. The van der Waals surface area contributed by atoms with Gasteiger partial charge >= 0.3 is 12.1 Å². The Kier molecular flexibility index (Phi) is 4.75. The van der Waals surface area contributed by atoms with Gasteiger partial charge in [0.25, 0.3) is 0 Å². The van der Waals surface area contributed by atoms with Crippen LogP contribution in [0.25, 0.3) is 5.69 Å². The van der Waals surface area contributed by atoms with E-state index in [1.165, 1.54) is 16.9 Å². The molecule has 3 aromatic rings. The van der Waals surface area contributed by atoms with Crippen LogP contribution in [-0.2, 0) is 11.3 Å².